The smallest absolute Gasteiger partial charge is 0.326 e. The average Bonchev–Trinajstić information content (AvgIpc) is 3.39. The zero-order valence-corrected chi connectivity index (χ0v) is 22.9. The van der Waals surface area contributed by atoms with Crippen molar-refractivity contribution in [3.8, 4) is 16.9 Å². The lowest BCUT2D eigenvalue weighted by Gasteiger charge is -2.36. The van der Waals surface area contributed by atoms with Gasteiger partial charge in [0.05, 0.1) is 24.8 Å². The van der Waals surface area contributed by atoms with Gasteiger partial charge in [0.15, 0.2) is 11.4 Å². The minimum absolute atomic E-state index is 0.0143. The highest BCUT2D eigenvalue weighted by Gasteiger charge is 2.29. The average molecular weight is 519 g/mol. The normalized spacial score (nSPS) is 21.4. The van der Waals surface area contributed by atoms with Gasteiger partial charge in [-0.05, 0) is 68.2 Å². The molecule has 1 saturated carbocycles. The topological polar surface area (TPSA) is 89.7 Å². The summed E-state index contributed by atoms with van der Waals surface area (Å²) in [5.41, 5.74) is 6.88. The molecule has 0 atom stereocenters. The first kappa shape index (κ1) is 25.1. The Balaban J connectivity index is 1.37. The van der Waals surface area contributed by atoms with Gasteiger partial charge in [0, 0.05) is 49.1 Å². The Morgan fingerprint density at radius 1 is 1.08 bits per heavy atom. The number of H-pyrrole nitrogens is 1. The number of pyridine rings is 1. The molecule has 4 heterocycles. The van der Waals surface area contributed by atoms with Gasteiger partial charge >= 0.3 is 5.69 Å². The minimum atomic E-state index is -0.0143. The second-order valence-electron chi connectivity index (χ2n) is 11.1. The molecular formula is C29H38N6O3. The zero-order chi connectivity index (χ0) is 26.4. The minimum Gasteiger partial charge on any atom is -0.492 e. The summed E-state index contributed by atoms with van der Waals surface area (Å²) >= 11 is 0. The molecule has 0 spiro atoms. The highest BCUT2D eigenvalue weighted by Crippen LogP contribution is 2.39. The summed E-state index contributed by atoms with van der Waals surface area (Å²) in [6.07, 6.45) is 8.95. The largest absolute Gasteiger partial charge is 0.492 e. The Labute approximate surface area is 222 Å². The lowest BCUT2D eigenvalue weighted by molar-refractivity contribution is 0.114. The van der Waals surface area contributed by atoms with Crippen molar-refractivity contribution < 1.29 is 9.47 Å². The molecule has 1 aromatic carbocycles. The van der Waals surface area contributed by atoms with Gasteiger partial charge in [0.1, 0.15) is 6.33 Å². The lowest BCUT2D eigenvalue weighted by Crippen LogP contribution is -2.40. The van der Waals surface area contributed by atoms with Crippen molar-refractivity contribution in [2.75, 3.05) is 33.4 Å². The molecular weight excluding hydrogens is 480 g/mol. The van der Waals surface area contributed by atoms with Crippen molar-refractivity contribution in [3.63, 3.8) is 0 Å². The van der Waals surface area contributed by atoms with Gasteiger partial charge < -0.3 is 14.5 Å². The van der Waals surface area contributed by atoms with E-state index in [1.165, 1.54) is 5.56 Å². The third kappa shape index (κ3) is 4.31. The lowest BCUT2D eigenvalue weighted by atomic mass is 9.89. The molecule has 9 nitrogen and oxygen atoms in total. The van der Waals surface area contributed by atoms with Crippen LogP contribution in [0.1, 0.15) is 69.0 Å². The van der Waals surface area contributed by atoms with Gasteiger partial charge in [-0.2, -0.15) is 5.10 Å². The van der Waals surface area contributed by atoms with Crippen molar-refractivity contribution in [1.29, 1.82) is 0 Å². The molecule has 6 rings (SSSR count). The van der Waals surface area contributed by atoms with E-state index in [2.05, 4.69) is 52.9 Å². The number of aromatic nitrogens is 5. The van der Waals surface area contributed by atoms with E-state index in [9.17, 15) is 4.79 Å². The molecule has 1 N–H and O–H groups in total. The summed E-state index contributed by atoms with van der Waals surface area (Å²) in [6.45, 7) is 10.3. The molecule has 0 bridgehead atoms. The predicted octanol–water partition coefficient (Wildman–Crippen LogP) is 4.69. The first-order valence-corrected chi connectivity index (χ1v) is 13.9. The number of nitrogens with zero attached hydrogens (tertiary/aromatic N) is 5. The Bertz CT molecular complexity index is 1500. The summed E-state index contributed by atoms with van der Waals surface area (Å²) < 4.78 is 15.2. The van der Waals surface area contributed by atoms with Gasteiger partial charge in [-0.3, -0.25) is 9.47 Å². The Hall–Kier alpha value is -3.17. The van der Waals surface area contributed by atoms with Gasteiger partial charge in [-0.1, -0.05) is 13.8 Å². The summed E-state index contributed by atoms with van der Waals surface area (Å²) in [6, 6.07) is 5.17. The fourth-order valence-electron chi connectivity index (χ4n) is 6.61. The molecule has 4 aromatic rings. The fraction of sp³-hybridized carbons (Fsp3) is 0.552. The number of benzene rings is 1. The molecule has 1 aliphatic carbocycles. The van der Waals surface area contributed by atoms with Crippen LogP contribution < -0.4 is 10.4 Å². The molecule has 0 amide bonds. The van der Waals surface area contributed by atoms with E-state index < -0.39 is 0 Å². The van der Waals surface area contributed by atoms with Crippen LogP contribution in [0.2, 0.25) is 0 Å². The van der Waals surface area contributed by atoms with Crippen LogP contribution in [-0.4, -0.2) is 68.5 Å². The van der Waals surface area contributed by atoms with Crippen LogP contribution in [0.25, 0.3) is 27.8 Å². The Morgan fingerprint density at radius 2 is 1.87 bits per heavy atom. The highest BCUT2D eigenvalue weighted by molar-refractivity contribution is 5.87. The quantitative estimate of drug-likeness (QED) is 0.412. The Morgan fingerprint density at radius 3 is 2.63 bits per heavy atom. The third-order valence-corrected chi connectivity index (χ3v) is 8.58. The predicted molar refractivity (Wildman–Crippen MR) is 148 cm³/mol. The van der Waals surface area contributed by atoms with Crippen LogP contribution in [0.4, 0.5) is 0 Å². The highest BCUT2D eigenvalue weighted by atomic mass is 16.5. The SMILES string of the molecule is COc1c(C)c(-c2cc3[nH]c(=O)n(C4CCC(N5CCCOCC5)CC4)c3cc2C(C)C)cn2ncnc12. The van der Waals surface area contributed by atoms with E-state index in [1.807, 2.05) is 10.8 Å². The number of hydrogen-bond acceptors (Lipinski definition) is 6. The van der Waals surface area contributed by atoms with E-state index in [4.69, 9.17) is 9.47 Å². The van der Waals surface area contributed by atoms with E-state index in [1.54, 1.807) is 18.0 Å². The number of methoxy groups -OCH3 is 1. The summed E-state index contributed by atoms with van der Waals surface area (Å²) in [7, 11) is 1.67. The van der Waals surface area contributed by atoms with Crippen LogP contribution in [0.15, 0.2) is 29.5 Å². The van der Waals surface area contributed by atoms with E-state index >= 15 is 0 Å². The van der Waals surface area contributed by atoms with Crippen LogP contribution >= 0.6 is 0 Å². The second kappa shape index (κ2) is 10.2. The molecule has 0 unspecified atom stereocenters. The molecule has 3 aromatic heterocycles. The molecule has 0 radical (unpaired) electrons. The second-order valence-corrected chi connectivity index (χ2v) is 11.1. The maximum atomic E-state index is 13.3. The molecule has 2 aliphatic rings. The van der Waals surface area contributed by atoms with Gasteiger partial charge in [0.25, 0.3) is 0 Å². The monoisotopic (exact) mass is 518 g/mol. The number of fused-ring (bicyclic) bond motifs is 2. The number of hydrogen-bond donors (Lipinski definition) is 1. The molecule has 202 valence electrons. The van der Waals surface area contributed by atoms with Crippen molar-refractivity contribution in [2.45, 2.75) is 70.9 Å². The number of nitrogens with one attached hydrogen (secondary N) is 1. The van der Waals surface area contributed by atoms with Crippen molar-refractivity contribution in [1.82, 2.24) is 29.0 Å². The number of ether oxygens (including phenoxy) is 2. The Kier molecular flexibility index (Phi) is 6.74. The van der Waals surface area contributed by atoms with Gasteiger partial charge in [0.2, 0.25) is 0 Å². The summed E-state index contributed by atoms with van der Waals surface area (Å²) in [5, 5.41) is 4.37. The first-order chi connectivity index (χ1) is 18.5. The van der Waals surface area contributed by atoms with Crippen molar-refractivity contribution in [2.24, 2.45) is 0 Å². The maximum Gasteiger partial charge on any atom is 0.326 e. The fourth-order valence-corrected chi connectivity index (χ4v) is 6.61. The molecule has 9 heteroatoms. The van der Waals surface area contributed by atoms with Crippen molar-refractivity contribution in [3.05, 3.63) is 46.3 Å². The van der Waals surface area contributed by atoms with Crippen LogP contribution in [-0.2, 0) is 4.74 Å². The molecule has 38 heavy (non-hydrogen) atoms. The first-order valence-electron chi connectivity index (χ1n) is 13.9. The van der Waals surface area contributed by atoms with Gasteiger partial charge in [-0.25, -0.2) is 14.3 Å². The van der Waals surface area contributed by atoms with Crippen LogP contribution in [0.5, 0.6) is 5.75 Å². The summed E-state index contributed by atoms with van der Waals surface area (Å²) in [4.78, 5) is 23.5. The summed E-state index contributed by atoms with van der Waals surface area (Å²) in [5.74, 6) is 0.985. The maximum absolute atomic E-state index is 13.3. The number of aromatic amines is 1. The van der Waals surface area contributed by atoms with Crippen LogP contribution in [0, 0.1) is 6.92 Å². The van der Waals surface area contributed by atoms with Crippen LogP contribution in [0.3, 0.4) is 0 Å². The van der Waals surface area contributed by atoms with Gasteiger partial charge in [-0.15, -0.1) is 0 Å². The van der Waals surface area contributed by atoms with Crippen molar-refractivity contribution >= 4 is 16.7 Å². The van der Waals surface area contributed by atoms with E-state index in [0.717, 1.165) is 86.1 Å². The standard InChI is InChI=1S/C29H38N6O3/c1-18(2)22-15-26-25(14-23(22)24-16-34-28(30-17-31-34)27(37-4)19(24)3)32-29(36)35(26)21-8-6-20(7-9-21)33-10-5-12-38-13-11-33/h14-18,20-21H,5-13H2,1-4H3,(H,32,36). The third-order valence-electron chi connectivity index (χ3n) is 8.58. The van der Waals surface area contributed by atoms with E-state index in [-0.39, 0.29) is 17.6 Å². The molecule has 1 aliphatic heterocycles. The number of rotatable bonds is 5. The molecule has 1 saturated heterocycles. The number of imidazole rings is 1. The molecule has 2 fully saturated rings. The van der Waals surface area contributed by atoms with E-state index in [0.29, 0.717) is 17.4 Å². The zero-order valence-electron chi connectivity index (χ0n) is 22.9.